The van der Waals surface area contributed by atoms with Crippen LogP contribution in [0.1, 0.15) is 17.0 Å². The number of carbonyl (C=O) groups excluding carboxylic acids is 1. The van der Waals surface area contributed by atoms with Crippen molar-refractivity contribution in [1.29, 1.82) is 0 Å². The molecular formula is C19H18FN3O5S. The van der Waals surface area contributed by atoms with E-state index in [4.69, 9.17) is 9.26 Å². The maximum atomic E-state index is 13.6. The molecule has 0 fully saturated rings. The Kier molecular flexibility index (Phi) is 6.04. The second-order valence-corrected chi connectivity index (χ2v) is 8.04. The molecule has 3 aromatic rings. The second kappa shape index (κ2) is 8.50. The van der Waals surface area contributed by atoms with Crippen molar-refractivity contribution in [1.82, 2.24) is 14.9 Å². The van der Waals surface area contributed by atoms with Gasteiger partial charge in [-0.15, -0.1) is 0 Å². The first-order valence-electron chi connectivity index (χ1n) is 8.56. The average Bonchev–Trinajstić information content (AvgIpc) is 3.16. The van der Waals surface area contributed by atoms with Gasteiger partial charge < -0.3 is 9.26 Å². The molecule has 29 heavy (non-hydrogen) atoms. The molecule has 2 aromatic carbocycles. The van der Waals surface area contributed by atoms with Crippen LogP contribution in [0, 0.1) is 19.7 Å². The third-order valence-electron chi connectivity index (χ3n) is 3.99. The van der Waals surface area contributed by atoms with E-state index in [0.29, 0.717) is 11.1 Å². The van der Waals surface area contributed by atoms with Crippen LogP contribution in [-0.2, 0) is 26.2 Å². The quantitative estimate of drug-likeness (QED) is 0.586. The largest absolute Gasteiger partial charge is 0.455 e. The molecule has 1 heterocycles. The number of aromatic nitrogens is 2. The van der Waals surface area contributed by atoms with Gasteiger partial charge in [-0.1, -0.05) is 35.0 Å². The van der Waals surface area contributed by atoms with E-state index in [1.807, 2.05) is 6.92 Å². The molecule has 0 spiro atoms. The van der Waals surface area contributed by atoms with Crippen LogP contribution in [0.25, 0.3) is 11.4 Å². The highest BCUT2D eigenvalue weighted by Gasteiger charge is 2.17. The second-order valence-electron chi connectivity index (χ2n) is 6.27. The van der Waals surface area contributed by atoms with Crippen molar-refractivity contribution in [3.05, 3.63) is 65.3 Å². The van der Waals surface area contributed by atoms with E-state index >= 15 is 0 Å². The van der Waals surface area contributed by atoms with Gasteiger partial charge in [-0.2, -0.15) is 9.71 Å². The zero-order valence-electron chi connectivity index (χ0n) is 15.7. The zero-order chi connectivity index (χ0) is 21.0. The lowest BCUT2D eigenvalue weighted by Crippen LogP contribution is -2.30. The zero-order valence-corrected chi connectivity index (χ0v) is 16.5. The number of benzene rings is 2. The summed E-state index contributed by atoms with van der Waals surface area (Å²) in [5, 5.41) is 3.71. The fourth-order valence-corrected chi connectivity index (χ4v) is 3.28. The lowest BCUT2D eigenvalue weighted by Gasteiger charge is -2.06. The highest BCUT2D eigenvalue weighted by Crippen LogP contribution is 2.19. The van der Waals surface area contributed by atoms with E-state index in [0.717, 1.165) is 5.56 Å². The first-order chi connectivity index (χ1) is 13.7. The topological polar surface area (TPSA) is 111 Å². The summed E-state index contributed by atoms with van der Waals surface area (Å²) in [5.74, 6) is -1.08. The Bertz CT molecular complexity index is 1130. The van der Waals surface area contributed by atoms with Crippen LogP contribution in [0.3, 0.4) is 0 Å². The van der Waals surface area contributed by atoms with Crippen molar-refractivity contribution >= 4 is 16.0 Å². The number of aryl methyl sites for hydroxylation is 2. The van der Waals surface area contributed by atoms with Crippen molar-refractivity contribution in [3.8, 4) is 11.4 Å². The Morgan fingerprint density at radius 2 is 1.90 bits per heavy atom. The molecule has 0 bridgehead atoms. The molecule has 0 saturated carbocycles. The number of halogens is 1. The van der Waals surface area contributed by atoms with Gasteiger partial charge in [-0.25, -0.2) is 12.8 Å². The van der Waals surface area contributed by atoms with E-state index in [1.54, 1.807) is 31.2 Å². The summed E-state index contributed by atoms with van der Waals surface area (Å²) in [4.78, 5) is 15.9. The van der Waals surface area contributed by atoms with Crippen LogP contribution in [0.5, 0.6) is 0 Å². The number of esters is 1. The highest BCUT2D eigenvalue weighted by molar-refractivity contribution is 7.89. The summed E-state index contributed by atoms with van der Waals surface area (Å²) in [6.45, 7) is 2.57. The lowest BCUT2D eigenvalue weighted by molar-refractivity contribution is -0.144. The van der Waals surface area contributed by atoms with Crippen molar-refractivity contribution in [2.75, 3.05) is 6.54 Å². The maximum Gasteiger partial charge on any atom is 0.321 e. The molecule has 152 valence electrons. The Morgan fingerprint density at radius 3 is 2.59 bits per heavy atom. The number of nitrogens with one attached hydrogen (secondary N) is 1. The van der Waals surface area contributed by atoms with Crippen LogP contribution in [0.2, 0.25) is 0 Å². The summed E-state index contributed by atoms with van der Waals surface area (Å²) < 4.78 is 50.0. The van der Waals surface area contributed by atoms with Crippen LogP contribution in [0.4, 0.5) is 4.39 Å². The Balaban J connectivity index is 1.54. The Hall–Kier alpha value is -3.11. The van der Waals surface area contributed by atoms with E-state index in [-0.39, 0.29) is 23.2 Å². The van der Waals surface area contributed by atoms with Gasteiger partial charge in [-0.05, 0) is 37.6 Å². The number of hydrogen-bond acceptors (Lipinski definition) is 7. The highest BCUT2D eigenvalue weighted by atomic mass is 32.2. The van der Waals surface area contributed by atoms with Gasteiger partial charge in [0.15, 0.2) is 6.61 Å². The van der Waals surface area contributed by atoms with Crippen molar-refractivity contribution in [2.24, 2.45) is 0 Å². The Morgan fingerprint density at radius 1 is 1.17 bits per heavy atom. The molecule has 10 heteroatoms. The number of hydrogen-bond donors (Lipinski definition) is 1. The summed E-state index contributed by atoms with van der Waals surface area (Å²) in [7, 11) is -3.83. The third kappa shape index (κ3) is 5.24. The van der Waals surface area contributed by atoms with Gasteiger partial charge in [0.05, 0.1) is 4.90 Å². The van der Waals surface area contributed by atoms with Crippen LogP contribution in [0.15, 0.2) is 51.9 Å². The van der Waals surface area contributed by atoms with Crippen LogP contribution < -0.4 is 4.72 Å². The molecule has 0 unspecified atom stereocenters. The van der Waals surface area contributed by atoms with Gasteiger partial charge in [0.25, 0.3) is 5.89 Å². The molecular weight excluding hydrogens is 401 g/mol. The molecule has 0 amide bonds. The molecule has 0 radical (unpaired) electrons. The van der Waals surface area contributed by atoms with E-state index in [1.165, 1.54) is 18.2 Å². The standard InChI is InChI=1S/C19H18FN3O5S/c1-12-3-7-15(8-4-12)29(25,26)21-10-18(24)27-11-17-22-19(23-28-17)14-6-5-13(2)16(20)9-14/h3-9,21H,10-11H2,1-2H3. The monoisotopic (exact) mass is 419 g/mol. The van der Waals surface area contributed by atoms with Crippen molar-refractivity contribution in [2.45, 2.75) is 25.3 Å². The minimum Gasteiger partial charge on any atom is -0.455 e. The number of ether oxygens (including phenoxy) is 1. The third-order valence-corrected chi connectivity index (χ3v) is 5.41. The van der Waals surface area contributed by atoms with Gasteiger partial charge in [0.1, 0.15) is 12.4 Å². The van der Waals surface area contributed by atoms with E-state index in [2.05, 4.69) is 14.9 Å². The predicted octanol–water partition coefficient (Wildman–Crippen LogP) is 2.51. The molecule has 0 aliphatic rings. The molecule has 8 nitrogen and oxygen atoms in total. The number of nitrogens with zero attached hydrogens (tertiary/aromatic N) is 2. The minimum absolute atomic E-state index is 0.00396. The molecule has 0 atom stereocenters. The van der Waals surface area contributed by atoms with Crippen molar-refractivity contribution in [3.63, 3.8) is 0 Å². The van der Waals surface area contributed by atoms with Gasteiger partial charge in [-0.3, -0.25) is 4.79 Å². The average molecular weight is 419 g/mol. The fourth-order valence-electron chi connectivity index (χ4n) is 2.31. The first kappa shape index (κ1) is 20.6. The summed E-state index contributed by atoms with van der Waals surface area (Å²) >= 11 is 0. The van der Waals surface area contributed by atoms with E-state index in [9.17, 15) is 17.6 Å². The summed E-state index contributed by atoms with van der Waals surface area (Å²) in [5.41, 5.74) is 1.82. The minimum atomic E-state index is -3.83. The molecule has 1 N–H and O–H groups in total. The van der Waals surface area contributed by atoms with E-state index < -0.39 is 28.4 Å². The lowest BCUT2D eigenvalue weighted by atomic mass is 10.1. The molecule has 0 aliphatic carbocycles. The molecule has 0 saturated heterocycles. The molecule has 0 aliphatic heterocycles. The molecule has 1 aromatic heterocycles. The predicted molar refractivity (Wildman–Crippen MR) is 101 cm³/mol. The SMILES string of the molecule is Cc1ccc(S(=O)(=O)NCC(=O)OCc2nc(-c3ccc(C)c(F)c3)no2)cc1. The maximum absolute atomic E-state index is 13.6. The summed E-state index contributed by atoms with van der Waals surface area (Å²) in [6.07, 6.45) is 0. The number of carbonyl (C=O) groups is 1. The smallest absolute Gasteiger partial charge is 0.321 e. The number of sulfonamides is 1. The molecule has 3 rings (SSSR count). The fraction of sp³-hybridized carbons (Fsp3) is 0.211. The van der Waals surface area contributed by atoms with Crippen LogP contribution in [-0.4, -0.2) is 31.1 Å². The van der Waals surface area contributed by atoms with Crippen LogP contribution >= 0.6 is 0 Å². The normalized spacial score (nSPS) is 11.4. The van der Waals surface area contributed by atoms with Gasteiger partial charge in [0, 0.05) is 5.56 Å². The van der Waals surface area contributed by atoms with Crippen molar-refractivity contribution < 1.29 is 26.9 Å². The first-order valence-corrected chi connectivity index (χ1v) is 10.0. The number of rotatable bonds is 7. The summed E-state index contributed by atoms with van der Waals surface area (Å²) in [6, 6.07) is 10.7. The van der Waals surface area contributed by atoms with Gasteiger partial charge in [0.2, 0.25) is 15.8 Å². The van der Waals surface area contributed by atoms with Gasteiger partial charge >= 0.3 is 5.97 Å². The Labute approximate surface area is 166 Å².